The molecule has 21 heavy (non-hydrogen) atoms. The predicted octanol–water partition coefficient (Wildman–Crippen LogP) is 1.80. The minimum Gasteiger partial charge on any atom is -0.332 e. The molecule has 2 N–H and O–H groups in total. The van der Waals surface area contributed by atoms with Gasteiger partial charge in [-0.1, -0.05) is 31.2 Å². The molecule has 0 radical (unpaired) electrons. The summed E-state index contributed by atoms with van der Waals surface area (Å²) in [5.74, 6) is 0.601. The van der Waals surface area contributed by atoms with Crippen molar-refractivity contribution in [2.24, 2.45) is 0 Å². The van der Waals surface area contributed by atoms with Gasteiger partial charge in [0.25, 0.3) is 5.56 Å². The molecule has 0 bridgehead atoms. The lowest BCUT2D eigenvalue weighted by molar-refractivity contribution is 0.653. The summed E-state index contributed by atoms with van der Waals surface area (Å²) >= 11 is 0. The van der Waals surface area contributed by atoms with Gasteiger partial charge in [0.1, 0.15) is 11.3 Å². The van der Waals surface area contributed by atoms with Crippen LogP contribution in [0, 0.1) is 6.92 Å². The van der Waals surface area contributed by atoms with Crippen molar-refractivity contribution in [3.05, 3.63) is 50.7 Å². The Morgan fingerprint density at radius 3 is 2.67 bits per heavy atom. The first-order valence-electron chi connectivity index (χ1n) is 6.90. The SMILES string of the molecule is CCCn1c(=O)[nH]c(=O)c2[nH]c(-c3ccccc3C)nc21. The van der Waals surface area contributed by atoms with Crippen molar-refractivity contribution in [1.29, 1.82) is 0 Å². The topological polar surface area (TPSA) is 83.5 Å². The number of aromatic amines is 2. The van der Waals surface area contributed by atoms with E-state index in [1.165, 1.54) is 4.57 Å². The molecule has 0 unspecified atom stereocenters. The Hall–Kier alpha value is -2.63. The lowest BCUT2D eigenvalue weighted by atomic mass is 10.1. The van der Waals surface area contributed by atoms with E-state index in [2.05, 4.69) is 15.0 Å². The van der Waals surface area contributed by atoms with Crippen LogP contribution in [0.1, 0.15) is 18.9 Å². The Balaban J connectivity index is 2.32. The van der Waals surface area contributed by atoms with E-state index in [9.17, 15) is 9.59 Å². The molecule has 2 aromatic heterocycles. The van der Waals surface area contributed by atoms with Gasteiger partial charge in [-0.25, -0.2) is 9.78 Å². The van der Waals surface area contributed by atoms with Gasteiger partial charge in [-0.15, -0.1) is 0 Å². The molecule has 0 aliphatic heterocycles. The zero-order valence-corrected chi connectivity index (χ0v) is 11.9. The first kappa shape index (κ1) is 13.4. The molecule has 0 saturated heterocycles. The Labute approximate surface area is 120 Å². The molecule has 0 saturated carbocycles. The van der Waals surface area contributed by atoms with Crippen molar-refractivity contribution in [3.8, 4) is 11.4 Å². The number of benzene rings is 1. The Bertz CT molecular complexity index is 917. The van der Waals surface area contributed by atoms with Crippen LogP contribution in [0.4, 0.5) is 0 Å². The zero-order valence-electron chi connectivity index (χ0n) is 11.9. The quantitative estimate of drug-likeness (QED) is 0.769. The summed E-state index contributed by atoms with van der Waals surface area (Å²) in [4.78, 5) is 33.7. The fourth-order valence-corrected chi connectivity index (χ4v) is 2.44. The van der Waals surface area contributed by atoms with E-state index in [-0.39, 0.29) is 0 Å². The smallest absolute Gasteiger partial charge is 0.330 e. The Morgan fingerprint density at radius 1 is 1.19 bits per heavy atom. The van der Waals surface area contributed by atoms with Gasteiger partial charge in [-0.2, -0.15) is 0 Å². The maximum Gasteiger partial charge on any atom is 0.330 e. The largest absolute Gasteiger partial charge is 0.332 e. The number of rotatable bonds is 3. The van der Waals surface area contributed by atoms with E-state index in [0.717, 1.165) is 17.5 Å². The Kier molecular flexibility index (Phi) is 3.21. The fraction of sp³-hybridized carbons (Fsp3) is 0.267. The third-order valence-corrected chi connectivity index (χ3v) is 3.48. The van der Waals surface area contributed by atoms with Crippen molar-refractivity contribution in [2.75, 3.05) is 0 Å². The van der Waals surface area contributed by atoms with E-state index < -0.39 is 11.2 Å². The van der Waals surface area contributed by atoms with Crippen molar-refractivity contribution < 1.29 is 0 Å². The maximum absolute atomic E-state index is 11.9. The minimum absolute atomic E-state index is 0.335. The molecule has 0 atom stereocenters. The van der Waals surface area contributed by atoms with Crippen LogP contribution in [0.25, 0.3) is 22.6 Å². The highest BCUT2D eigenvalue weighted by atomic mass is 16.2. The maximum atomic E-state index is 11.9. The van der Waals surface area contributed by atoms with E-state index in [0.29, 0.717) is 23.5 Å². The van der Waals surface area contributed by atoms with Crippen LogP contribution in [0.2, 0.25) is 0 Å². The highest BCUT2D eigenvalue weighted by Gasteiger charge is 2.14. The second kappa shape index (κ2) is 5.05. The molecule has 0 amide bonds. The Morgan fingerprint density at radius 2 is 1.95 bits per heavy atom. The molecule has 0 aliphatic carbocycles. The highest BCUT2D eigenvalue weighted by molar-refractivity contribution is 5.76. The molecule has 6 nitrogen and oxygen atoms in total. The van der Waals surface area contributed by atoms with Gasteiger partial charge in [-0.3, -0.25) is 14.3 Å². The second-order valence-electron chi connectivity index (χ2n) is 5.01. The molecule has 0 aliphatic rings. The van der Waals surface area contributed by atoms with E-state index in [1.807, 2.05) is 38.1 Å². The number of fused-ring (bicyclic) bond motifs is 1. The second-order valence-corrected chi connectivity index (χ2v) is 5.01. The van der Waals surface area contributed by atoms with Crippen molar-refractivity contribution in [2.45, 2.75) is 26.8 Å². The summed E-state index contributed by atoms with van der Waals surface area (Å²) in [5, 5.41) is 0. The van der Waals surface area contributed by atoms with Crippen molar-refractivity contribution in [3.63, 3.8) is 0 Å². The van der Waals surface area contributed by atoms with Crippen LogP contribution in [0.15, 0.2) is 33.9 Å². The molecule has 1 aromatic carbocycles. The van der Waals surface area contributed by atoms with Gasteiger partial charge in [-0.05, 0) is 18.9 Å². The minimum atomic E-state index is -0.435. The molecule has 6 heteroatoms. The number of nitrogens with one attached hydrogen (secondary N) is 2. The van der Waals surface area contributed by atoms with Gasteiger partial charge in [0, 0.05) is 12.1 Å². The summed E-state index contributed by atoms with van der Waals surface area (Å²) in [6.07, 6.45) is 0.785. The normalized spacial score (nSPS) is 11.1. The van der Waals surface area contributed by atoms with Crippen LogP contribution in [-0.2, 0) is 6.54 Å². The molecule has 108 valence electrons. The molecular weight excluding hydrogens is 268 g/mol. The van der Waals surface area contributed by atoms with Gasteiger partial charge >= 0.3 is 5.69 Å². The molecule has 2 heterocycles. The van der Waals surface area contributed by atoms with Gasteiger partial charge < -0.3 is 4.98 Å². The summed E-state index contributed by atoms with van der Waals surface area (Å²) in [5.41, 5.74) is 1.86. The number of H-pyrrole nitrogens is 2. The number of aryl methyl sites for hydroxylation is 2. The van der Waals surface area contributed by atoms with Crippen molar-refractivity contribution >= 4 is 11.2 Å². The number of aromatic nitrogens is 4. The number of nitrogens with zero attached hydrogens (tertiary/aromatic N) is 2. The van der Waals surface area contributed by atoms with E-state index in [1.54, 1.807) is 0 Å². The number of hydrogen-bond acceptors (Lipinski definition) is 3. The molecule has 3 rings (SSSR count). The van der Waals surface area contributed by atoms with Crippen LogP contribution >= 0.6 is 0 Å². The average molecular weight is 284 g/mol. The number of hydrogen-bond donors (Lipinski definition) is 2. The summed E-state index contributed by atoms with van der Waals surface area (Å²) in [6, 6.07) is 7.77. The van der Waals surface area contributed by atoms with Crippen LogP contribution in [0.5, 0.6) is 0 Å². The van der Waals surface area contributed by atoms with Crippen LogP contribution in [-0.4, -0.2) is 19.5 Å². The summed E-state index contributed by atoms with van der Waals surface area (Å²) in [7, 11) is 0. The lowest BCUT2D eigenvalue weighted by Gasteiger charge is -2.02. The number of imidazole rings is 1. The predicted molar refractivity (Wildman–Crippen MR) is 81.4 cm³/mol. The third kappa shape index (κ3) is 2.18. The molecular formula is C15H16N4O2. The first-order chi connectivity index (χ1) is 10.1. The standard InChI is InChI=1S/C15H16N4O2/c1-3-8-19-13-11(14(20)18-15(19)21)16-12(17-13)10-7-5-4-6-9(10)2/h4-7H,3,8H2,1-2H3,(H,16,17)(H,18,20,21). The molecule has 3 aromatic rings. The van der Waals surface area contributed by atoms with Gasteiger partial charge in [0.05, 0.1) is 0 Å². The monoisotopic (exact) mass is 284 g/mol. The average Bonchev–Trinajstić information content (AvgIpc) is 2.89. The lowest BCUT2D eigenvalue weighted by Crippen LogP contribution is -2.30. The molecule has 0 spiro atoms. The van der Waals surface area contributed by atoms with Crippen LogP contribution in [0.3, 0.4) is 0 Å². The van der Waals surface area contributed by atoms with Gasteiger partial charge in [0.2, 0.25) is 0 Å². The zero-order chi connectivity index (χ0) is 15.0. The molecule has 0 fully saturated rings. The summed E-state index contributed by atoms with van der Waals surface area (Å²) in [6.45, 7) is 4.47. The van der Waals surface area contributed by atoms with Crippen molar-refractivity contribution in [1.82, 2.24) is 19.5 Å². The first-order valence-corrected chi connectivity index (χ1v) is 6.90. The van der Waals surface area contributed by atoms with Crippen LogP contribution < -0.4 is 11.2 Å². The van der Waals surface area contributed by atoms with Gasteiger partial charge in [0.15, 0.2) is 5.65 Å². The third-order valence-electron chi connectivity index (χ3n) is 3.48. The van der Waals surface area contributed by atoms with E-state index >= 15 is 0 Å². The van der Waals surface area contributed by atoms with E-state index in [4.69, 9.17) is 0 Å². The summed E-state index contributed by atoms with van der Waals surface area (Å²) < 4.78 is 1.50. The fourth-order valence-electron chi connectivity index (χ4n) is 2.44. The highest BCUT2D eigenvalue weighted by Crippen LogP contribution is 2.21.